The Bertz CT molecular complexity index is 1490. The third-order valence-electron chi connectivity index (χ3n) is 6.47. The summed E-state index contributed by atoms with van der Waals surface area (Å²) >= 11 is -4.25. The Hall–Kier alpha value is -4.36. The number of phenolic OH excluding ortho intramolecular Hbond substituents is 1. The zero-order chi connectivity index (χ0) is 27.1. The summed E-state index contributed by atoms with van der Waals surface area (Å²) in [4.78, 5) is 18.4. The van der Waals surface area contributed by atoms with Crippen molar-refractivity contribution in [2.24, 2.45) is 4.99 Å². The van der Waals surface area contributed by atoms with Gasteiger partial charge in [-0.1, -0.05) is 0 Å². The van der Waals surface area contributed by atoms with E-state index < -0.39 is 24.8 Å². The first-order valence-electron chi connectivity index (χ1n) is 12.5. The monoisotopic (exact) mass is 621 g/mol. The molecule has 0 fully saturated rings. The maximum atomic E-state index is 13.9. The molecule has 5 nitrogen and oxygen atoms in total. The molecule has 39 heavy (non-hydrogen) atoms. The van der Waals surface area contributed by atoms with Crippen molar-refractivity contribution in [3.8, 4) is 11.5 Å². The molecular weight excluding hydrogens is 593 g/mol. The number of hydrogen-bond donors (Lipinski definition) is 1. The van der Waals surface area contributed by atoms with Crippen LogP contribution in [-0.4, -0.2) is 43.2 Å². The third-order valence-corrected chi connectivity index (χ3v) is 17.7. The van der Waals surface area contributed by atoms with Gasteiger partial charge < -0.3 is 0 Å². The van der Waals surface area contributed by atoms with Crippen LogP contribution in [0.15, 0.2) is 138 Å². The average molecular weight is 620 g/mol. The number of aromatic hydroxyl groups is 1. The van der Waals surface area contributed by atoms with E-state index in [9.17, 15) is 9.90 Å². The molecule has 0 saturated heterocycles. The average Bonchev–Trinajstić information content (AvgIpc) is 3.01. The molecular formula is C33H27NO4Sn. The Balaban J connectivity index is 1.54. The van der Waals surface area contributed by atoms with Gasteiger partial charge in [0.1, 0.15) is 0 Å². The Kier molecular flexibility index (Phi) is 8.08. The molecule has 192 valence electrons. The van der Waals surface area contributed by atoms with Crippen molar-refractivity contribution in [1.29, 1.82) is 0 Å². The molecule has 0 aromatic heterocycles. The molecule has 0 amide bonds. The van der Waals surface area contributed by atoms with Crippen LogP contribution in [0.1, 0.15) is 15.9 Å². The molecule has 0 aliphatic carbocycles. The van der Waals surface area contributed by atoms with Crippen LogP contribution in [0.4, 0.5) is 5.69 Å². The molecule has 5 aromatic carbocycles. The molecule has 0 aliphatic rings. The van der Waals surface area contributed by atoms with Gasteiger partial charge in [-0.25, -0.2) is 0 Å². The fraction of sp³-hybridized carbons (Fsp3) is 0.0303. The van der Waals surface area contributed by atoms with Gasteiger partial charge in [-0.15, -0.1) is 0 Å². The summed E-state index contributed by atoms with van der Waals surface area (Å²) in [6.07, 6.45) is 1.55. The summed E-state index contributed by atoms with van der Waals surface area (Å²) in [6, 6.07) is 42.4. The van der Waals surface area contributed by atoms with Crippen LogP contribution < -0.4 is 15.5 Å². The Morgan fingerprint density at radius 1 is 0.718 bits per heavy atom. The van der Waals surface area contributed by atoms with E-state index in [4.69, 9.17) is 7.81 Å². The van der Waals surface area contributed by atoms with E-state index in [0.717, 1.165) is 10.7 Å². The van der Waals surface area contributed by atoms with Crippen LogP contribution in [0, 0.1) is 0 Å². The van der Waals surface area contributed by atoms with Crippen LogP contribution in [0.3, 0.4) is 0 Å². The van der Waals surface area contributed by atoms with Crippen LogP contribution in [0.25, 0.3) is 0 Å². The number of benzene rings is 5. The van der Waals surface area contributed by atoms with Gasteiger partial charge in [-0.2, -0.15) is 0 Å². The van der Waals surface area contributed by atoms with Crippen molar-refractivity contribution in [2.45, 2.75) is 0 Å². The summed E-state index contributed by atoms with van der Waals surface area (Å²) in [7, 11) is 1.50. The van der Waals surface area contributed by atoms with Crippen molar-refractivity contribution in [3.63, 3.8) is 0 Å². The second-order valence-corrected chi connectivity index (χ2v) is 18.3. The number of phenols is 1. The second kappa shape index (κ2) is 12.0. The molecule has 6 heteroatoms. The summed E-state index contributed by atoms with van der Waals surface area (Å²) in [6.45, 7) is 0. The molecule has 5 aromatic rings. The number of ether oxygens (including phenoxy) is 1. The number of carbonyl (C=O) groups is 1. The van der Waals surface area contributed by atoms with E-state index in [1.165, 1.54) is 7.11 Å². The summed E-state index contributed by atoms with van der Waals surface area (Å²) in [5, 5.41) is 10.4. The molecule has 0 saturated carbocycles. The molecule has 0 atom stereocenters. The van der Waals surface area contributed by atoms with Crippen molar-refractivity contribution < 1.29 is 17.7 Å². The predicted molar refractivity (Wildman–Crippen MR) is 158 cm³/mol. The van der Waals surface area contributed by atoms with Gasteiger partial charge in [-0.05, 0) is 0 Å². The van der Waals surface area contributed by atoms with Crippen LogP contribution in [0.2, 0.25) is 0 Å². The van der Waals surface area contributed by atoms with E-state index in [1.807, 2.05) is 54.6 Å². The third kappa shape index (κ3) is 5.59. The first-order valence-corrected chi connectivity index (χ1v) is 18.0. The van der Waals surface area contributed by atoms with E-state index in [1.54, 1.807) is 48.7 Å². The van der Waals surface area contributed by atoms with Crippen LogP contribution in [0.5, 0.6) is 11.5 Å². The first kappa shape index (κ1) is 26.3. The molecule has 0 spiro atoms. The molecule has 0 radical (unpaired) electrons. The van der Waals surface area contributed by atoms with Gasteiger partial charge >= 0.3 is 233 Å². The SMILES string of the molecule is COc1cccc(C=Nc2cccc(C(=O)[O][Sn]([c]3ccccc3)([c]3ccccc3)[c]3ccccc3)c2)c1O. The quantitative estimate of drug-likeness (QED) is 0.197. The van der Waals surface area contributed by atoms with Crippen LogP contribution >= 0.6 is 0 Å². The molecule has 0 aliphatic heterocycles. The normalized spacial score (nSPS) is 11.3. The molecule has 0 heterocycles. The van der Waals surface area contributed by atoms with Crippen molar-refractivity contribution >= 4 is 47.4 Å². The number of hydrogen-bond acceptors (Lipinski definition) is 5. The van der Waals surface area contributed by atoms with E-state index in [2.05, 4.69) is 41.4 Å². The standard InChI is InChI=1S/C15H13NO4.3C6H5.Sn/c1-20-13-7-3-5-11(14(13)17)9-16-12-6-2-4-10(8-12)15(18)19;3*1-2-4-6-5-3-1;/h2-9,17H,1H3,(H,18,19);3*1-5H;/q;;;;+1/p-1. The number of nitrogens with zero attached hydrogens (tertiary/aromatic N) is 1. The molecule has 5 rings (SSSR count). The minimum absolute atomic E-state index is 0.00625. The zero-order valence-electron chi connectivity index (χ0n) is 21.4. The van der Waals surface area contributed by atoms with Crippen molar-refractivity contribution in [2.75, 3.05) is 7.11 Å². The Morgan fingerprint density at radius 3 is 1.79 bits per heavy atom. The molecule has 1 N–H and O–H groups in total. The number of carbonyl (C=O) groups excluding carboxylic acids is 1. The maximum absolute atomic E-state index is 13.9. The topological polar surface area (TPSA) is 68.1 Å². The van der Waals surface area contributed by atoms with Gasteiger partial charge in [0.25, 0.3) is 0 Å². The fourth-order valence-electron chi connectivity index (χ4n) is 4.56. The minimum atomic E-state index is -4.25. The summed E-state index contributed by atoms with van der Waals surface area (Å²) in [5.41, 5.74) is 1.48. The number of rotatable bonds is 8. The fourth-order valence-corrected chi connectivity index (χ4v) is 15.2. The number of para-hydroxylation sites is 1. The van der Waals surface area contributed by atoms with Crippen LogP contribution in [-0.2, 0) is 3.07 Å². The molecule has 0 bridgehead atoms. The summed E-state index contributed by atoms with van der Waals surface area (Å²) in [5.74, 6) is -0.0294. The number of aliphatic imine (C=N–C) groups is 1. The molecule has 0 unspecified atom stereocenters. The zero-order valence-corrected chi connectivity index (χ0v) is 24.3. The van der Waals surface area contributed by atoms with E-state index >= 15 is 0 Å². The van der Waals surface area contributed by atoms with Gasteiger partial charge in [-0.3, -0.25) is 0 Å². The van der Waals surface area contributed by atoms with Crippen molar-refractivity contribution in [3.05, 3.63) is 145 Å². The van der Waals surface area contributed by atoms with Gasteiger partial charge in [0.2, 0.25) is 0 Å². The van der Waals surface area contributed by atoms with Gasteiger partial charge in [0, 0.05) is 0 Å². The Morgan fingerprint density at radius 2 is 1.26 bits per heavy atom. The van der Waals surface area contributed by atoms with E-state index in [-0.39, 0.29) is 5.75 Å². The predicted octanol–water partition coefficient (Wildman–Crippen LogP) is 4.98. The Labute approximate surface area is 232 Å². The van der Waals surface area contributed by atoms with Crippen molar-refractivity contribution in [1.82, 2.24) is 0 Å². The summed E-state index contributed by atoms with van der Waals surface area (Å²) < 4.78 is 15.0. The second-order valence-electron chi connectivity index (χ2n) is 8.88. The number of methoxy groups -OCH3 is 1. The van der Waals surface area contributed by atoms with Gasteiger partial charge in [0.05, 0.1) is 0 Å². The van der Waals surface area contributed by atoms with E-state index in [0.29, 0.717) is 22.6 Å². The van der Waals surface area contributed by atoms with Gasteiger partial charge in [0.15, 0.2) is 0 Å². The first-order chi connectivity index (χ1) is 19.1.